The topological polar surface area (TPSA) is 68.2 Å². The van der Waals surface area contributed by atoms with E-state index >= 15 is 0 Å². The van der Waals surface area contributed by atoms with Crippen molar-refractivity contribution >= 4 is 0 Å². The lowest BCUT2D eigenvalue weighted by atomic mass is 10.1. The van der Waals surface area contributed by atoms with Crippen LogP contribution in [0.25, 0.3) is 0 Å². The Labute approximate surface area is 122 Å². The molecule has 1 fully saturated rings. The second kappa shape index (κ2) is 10.5. The number of hydrogen-bond donors (Lipinski definition) is 2. The van der Waals surface area contributed by atoms with E-state index in [4.69, 9.17) is 14.2 Å². The SMILES string of the molecule is CCCCCCCCO[C@@H]1CO[C@H](OCC)[C@H](O)[C@H]1O. The van der Waals surface area contributed by atoms with Crippen molar-refractivity contribution in [2.24, 2.45) is 0 Å². The molecule has 0 spiro atoms. The lowest BCUT2D eigenvalue weighted by Crippen LogP contribution is -2.54. The van der Waals surface area contributed by atoms with Crippen LogP contribution in [-0.2, 0) is 14.2 Å². The predicted octanol–water partition coefficient (Wildman–Crippen LogP) is 1.85. The van der Waals surface area contributed by atoms with Crippen LogP contribution in [0.2, 0.25) is 0 Å². The number of hydrogen-bond acceptors (Lipinski definition) is 5. The number of aliphatic hydroxyl groups excluding tert-OH is 2. The minimum absolute atomic E-state index is 0.263. The molecule has 1 saturated heterocycles. The molecule has 0 aliphatic carbocycles. The molecule has 0 saturated carbocycles. The highest BCUT2D eigenvalue weighted by Gasteiger charge is 2.39. The summed E-state index contributed by atoms with van der Waals surface area (Å²) in [4.78, 5) is 0. The Morgan fingerprint density at radius 3 is 2.35 bits per heavy atom. The van der Waals surface area contributed by atoms with Gasteiger partial charge in [0, 0.05) is 13.2 Å². The normalized spacial score (nSPS) is 30.6. The van der Waals surface area contributed by atoms with E-state index in [9.17, 15) is 10.2 Å². The zero-order chi connectivity index (χ0) is 14.8. The third-order valence-corrected chi connectivity index (χ3v) is 3.60. The summed E-state index contributed by atoms with van der Waals surface area (Å²) in [5, 5.41) is 19.8. The van der Waals surface area contributed by atoms with Gasteiger partial charge in [-0.25, -0.2) is 0 Å². The third kappa shape index (κ3) is 6.06. The molecule has 0 aromatic heterocycles. The minimum atomic E-state index is -1.04. The number of unbranched alkanes of at least 4 members (excludes halogenated alkanes) is 5. The van der Waals surface area contributed by atoms with Crippen LogP contribution >= 0.6 is 0 Å². The summed E-state index contributed by atoms with van der Waals surface area (Å²) in [6.07, 6.45) is 3.99. The zero-order valence-electron chi connectivity index (χ0n) is 12.8. The van der Waals surface area contributed by atoms with Gasteiger partial charge < -0.3 is 24.4 Å². The van der Waals surface area contributed by atoms with Crippen molar-refractivity contribution in [3.63, 3.8) is 0 Å². The Kier molecular flexibility index (Phi) is 9.39. The van der Waals surface area contributed by atoms with Gasteiger partial charge in [-0.15, -0.1) is 0 Å². The van der Waals surface area contributed by atoms with E-state index in [-0.39, 0.29) is 6.61 Å². The van der Waals surface area contributed by atoms with Crippen molar-refractivity contribution in [1.29, 1.82) is 0 Å². The molecule has 1 heterocycles. The summed E-state index contributed by atoms with van der Waals surface area (Å²) in [5.41, 5.74) is 0. The fourth-order valence-electron chi connectivity index (χ4n) is 2.34. The maximum atomic E-state index is 9.97. The third-order valence-electron chi connectivity index (χ3n) is 3.60. The molecule has 120 valence electrons. The van der Waals surface area contributed by atoms with Crippen LogP contribution in [-0.4, -0.2) is 54.6 Å². The van der Waals surface area contributed by atoms with E-state index in [1.807, 2.05) is 6.92 Å². The van der Waals surface area contributed by atoms with Crippen LogP contribution in [0.3, 0.4) is 0 Å². The number of aliphatic hydroxyl groups is 2. The number of rotatable bonds is 10. The first-order valence-electron chi connectivity index (χ1n) is 7.91. The van der Waals surface area contributed by atoms with E-state index in [1.165, 1.54) is 25.7 Å². The Hall–Kier alpha value is -0.200. The standard InChI is InChI=1S/C15H30O5/c1-3-5-6-7-8-9-10-19-12-11-20-15(18-4-2)14(17)13(12)16/h12-17H,3-11H2,1-2H3/t12-,13+,14-,15+/m1/s1. The number of ether oxygens (including phenoxy) is 3. The highest BCUT2D eigenvalue weighted by molar-refractivity contribution is 4.83. The first-order valence-corrected chi connectivity index (χ1v) is 7.91. The molecule has 2 N–H and O–H groups in total. The Balaban J connectivity index is 2.12. The smallest absolute Gasteiger partial charge is 0.186 e. The quantitative estimate of drug-likeness (QED) is 0.601. The van der Waals surface area contributed by atoms with E-state index in [2.05, 4.69) is 6.92 Å². The molecule has 4 atom stereocenters. The molecule has 1 aliphatic rings. The van der Waals surface area contributed by atoms with Gasteiger partial charge in [0.1, 0.15) is 18.3 Å². The predicted molar refractivity (Wildman–Crippen MR) is 76.5 cm³/mol. The molecule has 20 heavy (non-hydrogen) atoms. The molecule has 5 nitrogen and oxygen atoms in total. The molecule has 5 heteroatoms. The van der Waals surface area contributed by atoms with Crippen molar-refractivity contribution in [2.45, 2.75) is 77.0 Å². The van der Waals surface area contributed by atoms with E-state index in [0.29, 0.717) is 13.2 Å². The van der Waals surface area contributed by atoms with Crippen LogP contribution < -0.4 is 0 Å². The van der Waals surface area contributed by atoms with Gasteiger partial charge in [-0.1, -0.05) is 39.0 Å². The molecule has 0 amide bonds. The average Bonchev–Trinajstić information content (AvgIpc) is 2.45. The van der Waals surface area contributed by atoms with E-state index in [1.54, 1.807) is 0 Å². The van der Waals surface area contributed by atoms with Gasteiger partial charge in [-0.3, -0.25) is 0 Å². The largest absolute Gasteiger partial charge is 0.387 e. The molecule has 0 unspecified atom stereocenters. The lowest BCUT2D eigenvalue weighted by molar-refractivity contribution is -0.275. The van der Waals surface area contributed by atoms with Gasteiger partial charge in [-0.2, -0.15) is 0 Å². The summed E-state index contributed by atoms with van der Waals surface area (Å²) in [6.45, 7) is 5.33. The molecule has 0 bridgehead atoms. The van der Waals surface area contributed by atoms with Crippen molar-refractivity contribution in [3.05, 3.63) is 0 Å². The summed E-state index contributed by atoms with van der Waals surface area (Å²) < 4.78 is 16.2. The average molecular weight is 290 g/mol. The van der Waals surface area contributed by atoms with Crippen molar-refractivity contribution < 1.29 is 24.4 Å². The fraction of sp³-hybridized carbons (Fsp3) is 1.00. The van der Waals surface area contributed by atoms with Crippen LogP contribution in [0.4, 0.5) is 0 Å². The van der Waals surface area contributed by atoms with Crippen molar-refractivity contribution in [2.75, 3.05) is 19.8 Å². The van der Waals surface area contributed by atoms with Gasteiger partial charge >= 0.3 is 0 Å². The second-order valence-corrected chi connectivity index (χ2v) is 5.32. The Bertz CT molecular complexity index is 236. The van der Waals surface area contributed by atoms with Crippen LogP contribution in [0.15, 0.2) is 0 Å². The summed E-state index contributed by atoms with van der Waals surface area (Å²) in [7, 11) is 0. The van der Waals surface area contributed by atoms with Crippen molar-refractivity contribution in [1.82, 2.24) is 0 Å². The zero-order valence-corrected chi connectivity index (χ0v) is 12.8. The summed E-state index contributed by atoms with van der Waals surface area (Å²) >= 11 is 0. The van der Waals surface area contributed by atoms with E-state index in [0.717, 1.165) is 12.8 Å². The van der Waals surface area contributed by atoms with Gasteiger partial charge in [-0.05, 0) is 13.3 Å². The summed E-state index contributed by atoms with van der Waals surface area (Å²) in [5.74, 6) is 0. The van der Waals surface area contributed by atoms with Gasteiger partial charge in [0.15, 0.2) is 6.29 Å². The maximum absolute atomic E-state index is 9.97. The first kappa shape index (κ1) is 17.9. The van der Waals surface area contributed by atoms with Crippen LogP contribution in [0.1, 0.15) is 52.4 Å². The molecule has 0 aromatic carbocycles. The van der Waals surface area contributed by atoms with Crippen molar-refractivity contribution in [3.8, 4) is 0 Å². The fourth-order valence-corrected chi connectivity index (χ4v) is 2.34. The second-order valence-electron chi connectivity index (χ2n) is 5.32. The molecular formula is C15H30O5. The summed E-state index contributed by atoms with van der Waals surface area (Å²) in [6, 6.07) is 0. The Morgan fingerprint density at radius 1 is 0.950 bits per heavy atom. The molecule has 1 aliphatic heterocycles. The molecule has 0 radical (unpaired) electrons. The van der Waals surface area contributed by atoms with E-state index < -0.39 is 24.6 Å². The van der Waals surface area contributed by atoms with Gasteiger partial charge in [0.05, 0.1) is 6.61 Å². The molecular weight excluding hydrogens is 260 g/mol. The van der Waals surface area contributed by atoms with Gasteiger partial charge in [0.2, 0.25) is 0 Å². The van der Waals surface area contributed by atoms with Crippen LogP contribution in [0.5, 0.6) is 0 Å². The minimum Gasteiger partial charge on any atom is -0.387 e. The highest BCUT2D eigenvalue weighted by Crippen LogP contribution is 2.19. The monoisotopic (exact) mass is 290 g/mol. The first-order chi connectivity index (χ1) is 9.70. The highest BCUT2D eigenvalue weighted by atomic mass is 16.7. The lowest BCUT2D eigenvalue weighted by Gasteiger charge is -2.36. The van der Waals surface area contributed by atoms with Gasteiger partial charge in [0.25, 0.3) is 0 Å². The Morgan fingerprint density at radius 2 is 1.65 bits per heavy atom. The maximum Gasteiger partial charge on any atom is 0.186 e. The molecule has 1 rings (SSSR count). The van der Waals surface area contributed by atoms with Crippen LogP contribution in [0, 0.1) is 0 Å². The molecule has 0 aromatic rings.